The van der Waals surface area contributed by atoms with Crippen LogP contribution < -0.4 is 10.7 Å². The fraction of sp³-hybridized carbons (Fsp3) is 0.292. The zero-order valence-electron chi connectivity index (χ0n) is 17.8. The van der Waals surface area contributed by atoms with Crippen molar-refractivity contribution < 1.29 is 28.6 Å². The average molecular weight is 456 g/mol. The maximum Gasteiger partial charge on any atom is 0.341 e. The first-order chi connectivity index (χ1) is 15.6. The third kappa shape index (κ3) is 4.06. The van der Waals surface area contributed by atoms with Crippen LogP contribution in [0.3, 0.4) is 0 Å². The van der Waals surface area contributed by atoms with Gasteiger partial charge in [-0.2, -0.15) is 0 Å². The van der Waals surface area contributed by atoms with Crippen molar-refractivity contribution in [2.75, 3.05) is 5.32 Å². The number of anilines is 1. The van der Waals surface area contributed by atoms with E-state index in [2.05, 4.69) is 5.32 Å². The van der Waals surface area contributed by atoms with E-state index in [-0.39, 0.29) is 27.8 Å². The zero-order chi connectivity index (χ0) is 23.9. The van der Waals surface area contributed by atoms with E-state index in [9.17, 15) is 33.4 Å². The molecule has 1 heterocycles. The third-order valence-corrected chi connectivity index (χ3v) is 6.35. The Balaban J connectivity index is 1.75. The number of benzene rings is 2. The molecule has 1 fully saturated rings. The number of nitrogens with zero attached hydrogens (tertiary/aromatic N) is 1. The summed E-state index contributed by atoms with van der Waals surface area (Å²) >= 11 is 0. The van der Waals surface area contributed by atoms with Gasteiger partial charge in [0.05, 0.1) is 11.2 Å². The number of carbonyl (C=O) groups excluding carboxylic acids is 1. The number of pyridine rings is 1. The Labute approximate surface area is 187 Å². The Morgan fingerprint density at radius 3 is 2.45 bits per heavy atom. The predicted molar refractivity (Wildman–Crippen MR) is 118 cm³/mol. The molecule has 2 aromatic carbocycles. The van der Waals surface area contributed by atoms with E-state index in [1.165, 1.54) is 6.07 Å². The van der Waals surface area contributed by atoms with Gasteiger partial charge in [0, 0.05) is 23.2 Å². The molecule has 0 aliphatic heterocycles. The maximum atomic E-state index is 14.9. The van der Waals surface area contributed by atoms with E-state index in [1.54, 1.807) is 0 Å². The van der Waals surface area contributed by atoms with E-state index in [1.807, 2.05) is 6.92 Å². The molecule has 7 nitrogen and oxygen atoms in total. The molecule has 0 atom stereocenters. The standard InChI is InChI=1S/C24H22F2N2O5/c1-24(7-3-2-4-8-24)16-10-17(26)18(11-20(16)29)27-23(33)28-12-15(22(31)32)21(30)14-9-13(25)5-6-19(14)28/h5-6,9-12,29H,2-4,7-8H2,1H3,(H,27,33)(H,31,32). The molecule has 0 radical (unpaired) electrons. The third-order valence-electron chi connectivity index (χ3n) is 6.35. The number of hydrogen-bond donors (Lipinski definition) is 3. The number of amides is 1. The van der Waals surface area contributed by atoms with Crippen LogP contribution in [0.2, 0.25) is 0 Å². The van der Waals surface area contributed by atoms with Crippen LogP contribution in [-0.4, -0.2) is 26.8 Å². The minimum absolute atomic E-state index is 0.0557. The van der Waals surface area contributed by atoms with Crippen LogP contribution in [0.25, 0.3) is 10.9 Å². The van der Waals surface area contributed by atoms with Gasteiger partial charge in [-0.25, -0.2) is 18.4 Å². The summed E-state index contributed by atoms with van der Waals surface area (Å²) in [5.41, 5.74) is -1.97. The fourth-order valence-electron chi connectivity index (χ4n) is 4.54. The number of phenolic OH excluding ortho intramolecular Hbond substituents is 1. The summed E-state index contributed by atoms with van der Waals surface area (Å²) < 4.78 is 29.4. The second-order valence-electron chi connectivity index (χ2n) is 8.61. The van der Waals surface area contributed by atoms with Gasteiger partial charge in [0.15, 0.2) is 0 Å². The molecule has 9 heteroatoms. The van der Waals surface area contributed by atoms with Crippen LogP contribution in [0.1, 0.15) is 54.9 Å². The molecule has 1 amide bonds. The highest BCUT2D eigenvalue weighted by Crippen LogP contribution is 2.44. The van der Waals surface area contributed by atoms with E-state index < -0.39 is 34.6 Å². The first-order valence-electron chi connectivity index (χ1n) is 10.5. The number of carboxylic acids is 1. The molecule has 3 aromatic rings. The Morgan fingerprint density at radius 1 is 1.09 bits per heavy atom. The Hall–Kier alpha value is -3.75. The van der Waals surface area contributed by atoms with Crippen LogP contribution in [-0.2, 0) is 5.41 Å². The number of carboxylic acid groups (broad SMARTS) is 1. The van der Waals surface area contributed by atoms with Gasteiger partial charge in [-0.3, -0.25) is 9.36 Å². The fourth-order valence-corrected chi connectivity index (χ4v) is 4.54. The van der Waals surface area contributed by atoms with E-state index in [0.29, 0.717) is 5.56 Å². The van der Waals surface area contributed by atoms with Crippen LogP contribution >= 0.6 is 0 Å². The van der Waals surface area contributed by atoms with Crippen molar-refractivity contribution >= 4 is 28.6 Å². The number of fused-ring (bicyclic) bond motifs is 1. The quantitative estimate of drug-likeness (QED) is 0.515. The van der Waals surface area contributed by atoms with Gasteiger partial charge in [0.2, 0.25) is 5.43 Å². The minimum atomic E-state index is -1.60. The van der Waals surface area contributed by atoms with Gasteiger partial charge in [0.25, 0.3) is 0 Å². The number of aromatic carboxylic acids is 1. The molecule has 1 aromatic heterocycles. The molecule has 172 valence electrons. The van der Waals surface area contributed by atoms with Gasteiger partial charge in [-0.1, -0.05) is 26.2 Å². The first-order valence-corrected chi connectivity index (χ1v) is 10.5. The lowest BCUT2D eigenvalue weighted by Gasteiger charge is -2.34. The number of hydrogen-bond acceptors (Lipinski definition) is 4. The summed E-state index contributed by atoms with van der Waals surface area (Å²) in [5.74, 6) is -3.30. The van der Waals surface area contributed by atoms with Crippen molar-refractivity contribution in [1.82, 2.24) is 4.57 Å². The Kier molecular flexibility index (Phi) is 5.65. The van der Waals surface area contributed by atoms with Crippen LogP contribution in [0, 0.1) is 11.6 Å². The van der Waals surface area contributed by atoms with Gasteiger partial charge in [-0.15, -0.1) is 0 Å². The normalized spacial score (nSPS) is 15.4. The number of nitrogens with one attached hydrogen (secondary N) is 1. The van der Waals surface area contributed by atoms with Gasteiger partial charge < -0.3 is 15.5 Å². The molecule has 0 unspecified atom stereocenters. The SMILES string of the molecule is CC1(c2cc(F)c(NC(=O)n3cc(C(=O)O)c(=O)c4cc(F)ccc43)cc2O)CCCCC1. The summed E-state index contributed by atoms with van der Waals surface area (Å²) in [4.78, 5) is 36.8. The summed E-state index contributed by atoms with van der Waals surface area (Å²) in [7, 11) is 0. The van der Waals surface area contributed by atoms with Crippen molar-refractivity contribution in [3.8, 4) is 5.75 Å². The number of aromatic nitrogens is 1. The van der Waals surface area contributed by atoms with E-state index in [4.69, 9.17) is 0 Å². The molecule has 0 bridgehead atoms. The number of phenols is 1. The van der Waals surface area contributed by atoms with Crippen LogP contribution in [0.15, 0.2) is 41.3 Å². The minimum Gasteiger partial charge on any atom is -0.508 e. The lowest BCUT2D eigenvalue weighted by Crippen LogP contribution is -2.27. The lowest BCUT2D eigenvalue weighted by atomic mass is 9.70. The second kappa shape index (κ2) is 8.31. The predicted octanol–water partition coefficient (Wildman–Crippen LogP) is 4.99. The number of halogens is 2. The molecular formula is C24H22F2N2O5. The van der Waals surface area contributed by atoms with E-state index >= 15 is 0 Å². The highest BCUT2D eigenvalue weighted by molar-refractivity contribution is 6.01. The monoisotopic (exact) mass is 456 g/mol. The number of rotatable bonds is 3. The molecule has 3 N–H and O–H groups in total. The largest absolute Gasteiger partial charge is 0.508 e. The molecule has 1 aliphatic rings. The van der Waals surface area contributed by atoms with E-state index in [0.717, 1.165) is 67.1 Å². The number of aromatic hydroxyl groups is 1. The highest BCUT2D eigenvalue weighted by atomic mass is 19.1. The Bertz CT molecular complexity index is 1340. The molecule has 0 spiro atoms. The summed E-state index contributed by atoms with van der Waals surface area (Å²) in [5, 5.41) is 21.9. The molecule has 1 aliphatic carbocycles. The van der Waals surface area contributed by atoms with Crippen LogP contribution in [0.4, 0.5) is 19.3 Å². The van der Waals surface area contributed by atoms with Gasteiger partial charge >= 0.3 is 12.0 Å². The van der Waals surface area contributed by atoms with Crippen molar-refractivity contribution in [3.05, 3.63) is 69.5 Å². The second-order valence-corrected chi connectivity index (χ2v) is 8.61. The molecule has 33 heavy (non-hydrogen) atoms. The zero-order valence-corrected chi connectivity index (χ0v) is 17.8. The lowest BCUT2D eigenvalue weighted by molar-refractivity contribution is 0.0695. The molecule has 1 saturated carbocycles. The average Bonchev–Trinajstić information content (AvgIpc) is 2.76. The molecule has 0 saturated heterocycles. The summed E-state index contributed by atoms with van der Waals surface area (Å²) in [6.07, 6.45) is 5.45. The molecular weight excluding hydrogens is 434 g/mol. The molecule has 4 rings (SSSR count). The van der Waals surface area contributed by atoms with Crippen molar-refractivity contribution in [3.63, 3.8) is 0 Å². The van der Waals surface area contributed by atoms with Crippen molar-refractivity contribution in [2.24, 2.45) is 0 Å². The smallest absolute Gasteiger partial charge is 0.341 e. The van der Waals surface area contributed by atoms with Crippen molar-refractivity contribution in [2.45, 2.75) is 44.4 Å². The Morgan fingerprint density at radius 2 is 1.79 bits per heavy atom. The maximum absolute atomic E-state index is 14.9. The van der Waals surface area contributed by atoms with Crippen molar-refractivity contribution in [1.29, 1.82) is 0 Å². The van der Waals surface area contributed by atoms with Gasteiger partial charge in [-0.05, 0) is 42.5 Å². The topological polar surface area (TPSA) is 109 Å². The highest BCUT2D eigenvalue weighted by Gasteiger charge is 2.32. The number of carbonyl (C=O) groups is 2. The van der Waals surface area contributed by atoms with Gasteiger partial charge in [0.1, 0.15) is 22.9 Å². The first kappa shape index (κ1) is 22.4. The van der Waals surface area contributed by atoms with Crippen LogP contribution in [0.5, 0.6) is 5.75 Å². The summed E-state index contributed by atoms with van der Waals surface area (Å²) in [6, 6.07) is 4.34. The summed E-state index contributed by atoms with van der Waals surface area (Å²) in [6.45, 7) is 1.97.